The number of carbonyl (C=O) groups excluding carboxylic acids is 8. The molecule has 0 radical (unpaired) electrons. The molecule has 21 nitrogen and oxygen atoms in total. The molecule has 0 bridgehead atoms. The molecule has 8 N–H and O–H groups in total. The predicted octanol–water partition coefficient (Wildman–Crippen LogP) is 2.02. The number of aromatic nitrogens is 3. The Morgan fingerprint density at radius 2 is 1.64 bits per heavy atom. The molecule has 4 aromatic rings. The maximum atomic E-state index is 14.7. The van der Waals surface area contributed by atoms with Crippen LogP contribution < -0.4 is 27.4 Å². The average Bonchev–Trinajstić information content (AvgIpc) is 3.99. The van der Waals surface area contributed by atoms with Gasteiger partial charge in [0, 0.05) is 67.9 Å². The Labute approximate surface area is 396 Å². The van der Waals surface area contributed by atoms with Gasteiger partial charge in [0.2, 0.25) is 35.4 Å². The summed E-state index contributed by atoms with van der Waals surface area (Å²) in [7, 11) is -3.41. The van der Waals surface area contributed by atoms with Gasteiger partial charge < -0.3 is 40.9 Å². The standard InChI is InChI=1S/C47H58N9O12P/c1-25(3-15-39(48)57)49-43(61)36-13-10-31-17-18-54(24-34(45(63)55(31)36)51-42(60)33-23-30-22-29(9-11-32(30)50-33)46(64)69(66,67)68)41(59)21-27-6-4-26(5-7-27)19-28-8-12-35-38(20-28)53(2)47(65)56(35)37-14-16-40(58)52-44(37)62/h8-9,11-12,20,22-23,25-27,31,34,36-37,50H,3-7,10,13-19,21,24H2,1-2H3,(H2,48,57)(H,49,61)(H,51,60)(H,52,58,62)(H2,66,67,68)/t25-,26-,27+,31-,34+,36+,37?/m1/s1. The number of benzene rings is 2. The number of nitrogens with one attached hydrogen (secondary N) is 4. The third-order valence-corrected chi connectivity index (χ3v) is 15.2. The van der Waals surface area contributed by atoms with Crippen LogP contribution in [0.4, 0.5) is 0 Å². The van der Waals surface area contributed by atoms with Crippen molar-refractivity contribution in [2.45, 2.75) is 121 Å². The molecule has 0 spiro atoms. The summed E-state index contributed by atoms with van der Waals surface area (Å²) < 4.78 is 14.6. The number of imide groups is 1. The second-order valence-corrected chi connectivity index (χ2v) is 20.7. The summed E-state index contributed by atoms with van der Waals surface area (Å²) in [5.41, 5.74) is 6.09. The van der Waals surface area contributed by atoms with Gasteiger partial charge in [-0.3, -0.25) is 57.4 Å². The van der Waals surface area contributed by atoms with Gasteiger partial charge in [0.25, 0.3) is 11.4 Å². The zero-order chi connectivity index (χ0) is 49.5. The topological polar surface area (TPSA) is 305 Å². The van der Waals surface area contributed by atoms with Crippen LogP contribution in [0.1, 0.15) is 116 Å². The molecule has 3 saturated heterocycles. The molecule has 4 fully saturated rings. The number of rotatable bonds is 14. The molecule has 5 atom stereocenters. The second-order valence-electron chi connectivity index (χ2n) is 19.2. The number of nitrogens with two attached hydrogens (primary N) is 1. The summed E-state index contributed by atoms with van der Waals surface area (Å²) in [6, 6.07) is 7.36. The fraction of sp³-hybridized carbons (Fsp3) is 0.511. The number of piperidine rings is 1. The first-order valence-corrected chi connectivity index (χ1v) is 25.1. The van der Waals surface area contributed by atoms with Crippen LogP contribution in [0.15, 0.2) is 47.3 Å². The summed E-state index contributed by atoms with van der Waals surface area (Å²) >= 11 is 0. The minimum absolute atomic E-state index is 0.0135. The van der Waals surface area contributed by atoms with Crippen molar-refractivity contribution in [2.75, 3.05) is 13.1 Å². The fourth-order valence-corrected chi connectivity index (χ4v) is 11.1. The second kappa shape index (κ2) is 19.9. The van der Waals surface area contributed by atoms with E-state index in [1.165, 1.54) is 38.3 Å². The van der Waals surface area contributed by atoms with Crippen molar-refractivity contribution < 1.29 is 52.7 Å². The SMILES string of the molecule is C[C@H](CCC(N)=O)NC(=O)[C@@H]1CC[C@@H]2CCN(C(=O)C[C@H]3CC[C@@H](Cc4ccc5c(c4)n(C)c(=O)n5C4CCC(=O)NC4=O)CC3)C[C@H](NC(=O)c3cc4cc(C(=O)P(=O)(O)O)ccc4[nH]3)C(=O)N21. The van der Waals surface area contributed by atoms with E-state index in [0.717, 1.165) is 37.7 Å². The van der Waals surface area contributed by atoms with E-state index in [1.807, 2.05) is 18.2 Å². The number of aryl methyl sites for hydroxylation is 1. The van der Waals surface area contributed by atoms with E-state index in [9.17, 15) is 57.5 Å². The van der Waals surface area contributed by atoms with Crippen LogP contribution in [0.25, 0.3) is 21.9 Å². The minimum atomic E-state index is -5.08. The number of carbonyl (C=O) groups is 8. The zero-order valence-corrected chi connectivity index (χ0v) is 39.4. The van der Waals surface area contributed by atoms with Crippen molar-refractivity contribution in [3.05, 3.63) is 69.8 Å². The van der Waals surface area contributed by atoms with E-state index in [2.05, 4.69) is 20.9 Å². The van der Waals surface area contributed by atoms with Crippen LogP contribution in [-0.4, -0.2) is 118 Å². The van der Waals surface area contributed by atoms with Gasteiger partial charge >= 0.3 is 13.3 Å². The highest BCUT2D eigenvalue weighted by molar-refractivity contribution is 7.70. The van der Waals surface area contributed by atoms with Gasteiger partial charge in [0.15, 0.2) is 0 Å². The lowest BCUT2D eigenvalue weighted by Crippen LogP contribution is -2.61. The van der Waals surface area contributed by atoms with E-state index in [0.29, 0.717) is 53.5 Å². The smallest absolute Gasteiger partial charge is 0.370 e. The lowest BCUT2D eigenvalue weighted by Gasteiger charge is -2.39. The number of amides is 7. The van der Waals surface area contributed by atoms with Crippen LogP contribution in [0.2, 0.25) is 0 Å². The van der Waals surface area contributed by atoms with Crippen molar-refractivity contribution in [1.82, 2.24) is 39.9 Å². The summed E-state index contributed by atoms with van der Waals surface area (Å²) in [4.78, 5) is 143. The summed E-state index contributed by atoms with van der Waals surface area (Å²) in [5.74, 6) is -2.75. The lowest BCUT2D eigenvalue weighted by molar-refractivity contribution is -0.145. The van der Waals surface area contributed by atoms with Crippen LogP contribution in [0.5, 0.6) is 0 Å². The molecule has 2 aromatic carbocycles. The Balaban J connectivity index is 0.943. The first-order valence-electron chi connectivity index (χ1n) is 23.5. The molecule has 368 valence electrons. The molecule has 2 aromatic heterocycles. The molecule has 1 saturated carbocycles. The van der Waals surface area contributed by atoms with E-state index in [4.69, 9.17) is 5.73 Å². The lowest BCUT2D eigenvalue weighted by atomic mass is 9.78. The van der Waals surface area contributed by atoms with E-state index in [1.54, 1.807) is 18.9 Å². The molecule has 5 heterocycles. The number of hydrogen-bond donors (Lipinski definition) is 7. The van der Waals surface area contributed by atoms with Crippen molar-refractivity contribution in [1.29, 1.82) is 0 Å². The highest BCUT2D eigenvalue weighted by atomic mass is 31.2. The van der Waals surface area contributed by atoms with Gasteiger partial charge in [-0.15, -0.1) is 0 Å². The van der Waals surface area contributed by atoms with Crippen LogP contribution >= 0.6 is 7.60 Å². The summed E-state index contributed by atoms with van der Waals surface area (Å²) in [5, 5.41) is 8.34. The molecule has 7 amide bonds. The quantitative estimate of drug-likeness (QED) is 0.0706. The Morgan fingerprint density at radius 1 is 0.899 bits per heavy atom. The van der Waals surface area contributed by atoms with Crippen LogP contribution in [-0.2, 0) is 46.8 Å². The number of imidazole rings is 1. The maximum absolute atomic E-state index is 14.7. The third-order valence-electron chi connectivity index (χ3n) is 14.4. The van der Waals surface area contributed by atoms with Crippen molar-refractivity contribution in [3.8, 4) is 0 Å². The zero-order valence-electron chi connectivity index (χ0n) is 38.5. The van der Waals surface area contributed by atoms with Gasteiger partial charge in [0.1, 0.15) is 23.8 Å². The number of primary amides is 1. The Morgan fingerprint density at radius 3 is 2.35 bits per heavy atom. The van der Waals surface area contributed by atoms with E-state index < -0.39 is 72.9 Å². The first kappa shape index (κ1) is 49.0. The average molecular weight is 972 g/mol. The molecule has 1 aliphatic carbocycles. The predicted molar refractivity (Wildman–Crippen MR) is 249 cm³/mol. The Kier molecular flexibility index (Phi) is 14.1. The number of H-pyrrole nitrogens is 1. The van der Waals surface area contributed by atoms with E-state index >= 15 is 0 Å². The monoisotopic (exact) mass is 971 g/mol. The van der Waals surface area contributed by atoms with Crippen LogP contribution in [0, 0.1) is 11.8 Å². The van der Waals surface area contributed by atoms with Gasteiger partial charge in [-0.1, -0.05) is 6.07 Å². The molecule has 8 rings (SSSR count). The first-order chi connectivity index (χ1) is 32.7. The highest BCUT2D eigenvalue weighted by Gasteiger charge is 2.46. The van der Waals surface area contributed by atoms with Crippen molar-refractivity contribution in [2.24, 2.45) is 24.6 Å². The largest absolute Gasteiger partial charge is 0.396 e. The maximum Gasteiger partial charge on any atom is 0.396 e. The molecule has 22 heteroatoms. The molecular formula is C47H58N9O12P. The van der Waals surface area contributed by atoms with Gasteiger partial charge in [-0.25, -0.2) is 4.79 Å². The summed E-state index contributed by atoms with van der Waals surface area (Å²) in [6.07, 6.45) is 6.35. The molecule has 3 aliphatic heterocycles. The summed E-state index contributed by atoms with van der Waals surface area (Å²) in [6.45, 7) is 1.85. The number of nitrogens with zero attached hydrogens (tertiary/aromatic N) is 4. The molecular weight excluding hydrogens is 914 g/mol. The fourth-order valence-electron chi connectivity index (χ4n) is 10.6. The number of aromatic amines is 1. The Hall–Kier alpha value is -6.44. The van der Waals surface area contributed by atoms with Gasteiger partial charge in [-0.2, -0.15) is 0 Å². The number of fused-ring (bicyclic) bond motifs is 3. The minimum Gasteiger partial charge on any atom is -0.370 e. The number of hydrogen-bond acceptors (Lipinski definition) is 10. The van der Waals surface area contributed by atoms with Crippen LogP contribution in [0.3, 0.4) is 0 Å². The Bertz CT molecular complexity index is 2860. The molecule has 4 aliphatic rings. The normalized spacial score (nSPS) is 23.8. The molecule has 69 heavy (non-hydrogen) atoms. The van der Waals surface area contributed by atoms with E-state index in [-0.39, 0.29) is 73.5 Å². The van der Waals surface area contributed by atoms with Crippen molar-refractivity contribution in [3.63, 3.8) is 0 Å². The third kappa shape index (κ3) is 10.6. The van der Waals surface area contributed by atoms with Gasteiger partial charge in [-0.05, 0) is 125 Å². The van der Waals surface area contributed by atoms with Crippen molar-refractivity contribution >= 4 is 76.4 Å². The highest BCUT2D eigenvalue weighted by Crippen LogP contribution is 2.40. The van der Waals surface area contributed by atoms with Gasteiger partial charge in [0.05, 0.1) is 11.0 Å². The molecule has 1 unspecified atom stereocenters.